The fraction of sp³-hybridized carbons (Fsp3) is 1.00. The first-order chi connectivity index (χ1) is 9.31. The van der Waals surface area contributed by atoms with E-state index < -0.39 is 9.84 Å². The van der Waals surface area contributed by atoms with Crippen LogP contribution in [0.2, 0.25) is 0 Å². The summed E-state index contributed by atoms with van der Waals surface area (Å²) in [7, 11) is -2.93. The van der Waals surface area contributed by atoms with Crippen LogP contribution < -0.4 is 5.32 Å². The molecule has 4 nitrogen and oxygen atoms in total. The second kappa shape index (κ2) is 7.76. The van der Waals surface area contributed by atoms with Crippen LogP contribution in [0.4, 0.5) is 0 Å². The molecule has 1 heterocycles. The maximum Gasteiger partial charge on any atom is 0.153 e. The molecule has 0 spiro atoms. The van der Waals surface area contributed by atoms with E-state index in [0.717, 1.165) is 25.9 Å². The van der Waals surface area contributed by atoms with Gasteiger partial charge in [-0.25, -0.2) is 8.42 Å². The zero-order valence-corrected chi connectivity index (χ0v) is 14.5. The summed E-state index contributed by atoms with van der Waals surface area (Å²) in [4.78, 5) is 2.38. The highest BCUT2D eigenvalue weighted by Crippen LogP contribution is 2.17. The van der Waals surface area contributed by atoms with E-state index in [1.54, 1.807) is 13.8 Å². The lowest BCUT2D eigenvalue weighted by Gasteiger charge is -2.42. The van der Waals surface area contributed by atoms with Crippen LogP contribution in [0.5, 0.6) is 0 Å². The molecule has 0 bridgehead atoms. The number of piperazine rings is 1. The Hall–Kier alpha value is -0.130. The van der Waals surface area contributed by atoms with Crippen molar-refractivity contribution in [3.8, 4) is 0 Å². The van der Waals surface area contributed by atoms with Crippen molar-refractivity contribution in [2.45, 2.75) is 64.8 Å². The third kappa shape index (κ3) is 4.71. The van der Waals surface area contributed by atoms with Crippen LogP contribution in [0.3, 0.4) is 0 Å². The van der Waals surface area contributed by atoms with Crippen LogP contribution in [0.25, 0.3) is 0 Å². The van der Waals surface area contributed by atoms with E-state index in [1.165, 1.54) is 0 Å². The molecule has 120 valence electrons. The minimum absolute atomic E-state index is 0.268. The fourth-order valence-corrected chi connectivity index (χ4v) is 3.67. The second-order valence-electron chi connectivity index (χ2n) is 6.37. The monoisotopic (exact) mass is 304 g/mol. The quantitative estimate of drug-likeness (QED) is 0.780. The second-order valence-corrected chi connectivity index (χ2v) is 9.05. The van der Waals surface area contributed by atoms with Gasteiger partial charge in [0.2, 0.25) is 0 Å². The Balaban J connectivity index is 2.63. The summed E-state index contributed by atoms with van der Waals surface area (Å²) in [5.41, 5.74) is 0. The third-order valence-electron chi connectivity index (χ3n) is 4.75. The van der Waals surface area contributed by atoms with Crippen molar-refractivity contribution >= 4 is 9.84 Å². The molecule has 0 amide bonds. The average molecular weight is 305 g/mol. The summed E-state index contributed by atoms with van der Waals surface area (Å²) in [5, 5.41) is 3.36. The standard InChI is InChI=1S/C15H32N2O2S/c1-6-13(5)15-11-17(14(7-2)10-16-15)8-9-20(18,19)12(3)4/h12-16H,6-11H2,1-5H3. The molecule has 0 aliphatic carbocycles. The van der Waals surface area contributed by atoms with Gasteiger partial charge in [0, 0.05) is 31.7 Å². The van der Waals surface area contributed by atoms with Crippen molar-refractivity contribution in [2.75, 3.05) is 25.4 Å². The van der Waals surface area contributed by atoms with Crippen molar-refractivity contribution in [3.63, 3.8) is 0 Å². The molecule has 0 aromatic heterocycles. The molecule has 1 aliphatic heterocycles. The predicted molar refractivity (Wildman–Crippen MR) is 85.8 cm³/mol. The van der Waals surface area contributed by atoms with E-state index >= 15 is 0 Å². The van der Waals surface area contributed by atoms with Gasteiger partial charge >= 0.3 is 0 Å². The van der Waals surface area contributed by atoms with E-state index in [0.29, 0.717) is 24.5 Å². The van der Waals surface area contributed by atoms with Crippen LogP contribution >= 0.6 is 0 Å². The molecule has 3 atom stereocenters. The molecule has 0 radical (unpaired) electrons. The van der Waals surface area contributed by atoms with Gasteiger partial charge in [0.05, 0.1) is 11.0 Å². The third-order valence-corrected chi connectivity index (χ3v) is 6.93. The van der Waals surface area contributed by atoms with Crippen molar-refractivity contribution in [1.82, 2.24) is 10.2 Å². The summed E-state index contributed by atoms with van der Waals surface area (Å²) in [5.74, 6) is 0.922. The number of hydrogen-bond donors (Lipinski definition) is 1. The summed E-state index contributed by atoms with van der Waals surface area (Å²) >= 11 is 0. The smallest absolute Gasteiger partial charge is 0.153 e. The lowest BCUT2D eigenvalue weighted by molar-refractivity contribution is 0.113. The Bertz CT molecular complexity index is 381. The van der Waals surface area contributed by atoms with Crippen molar-refractivity contribution in [3.05, 3.63) is 0 Å². The van der Waals surface area contributed by atoms with Gasteiger partial charge in [-0.1, -0.05) is 27.2 Å². The predicted octanol–water partition coefficient (Wildman–Crippen LogP) is 1.91. The Morgan fingerprint density at radius 3 is 2.40 bits per heavy atom. The summed E-state index contributed by atoms with van der Waals surface area (Å²) in [6.07, 6.45) is 2.23. The van der Waals surface area contributed by atoms with Gasteiger partial charge in [0.15, 0.2) is 9.84 Å². The normalized spacial score (nSPS) is 26.9. The van der Waals surface area contributed by atoms with Gasteiger partial charge in [-0.3, -0.25) is 4.90 Å². The van der Waals surface area contributed by atoms with E-state index in [4.69, 9.17) is 0 Å². The van der Waals surface area contributed by atoms with Gasteiger partial charge in [-0.15, -0.1) is 0 Å². The first kappa shape index (κ1) is 17.9. The lowest BCUT2D eigenvalue weighted by Crippen LogP contribution is -2.58. The largest absolute Gasteiger partial charge is 0.311 e. The van der Waals surface area contributed by atoms with Gasteiger partial charge in [-0.05, 0) is 26.2 Å². The Kier molecular flexibility index (Phi) is 6.95. The fourth-order valence-electron chi connectivity index (χ4n) is 2.71. The maximum atomic E-state index is 12.0. The van der Waals surface area contributed by atoms with Crippen molar-refractivity contribution in [1.29, 1.82) is 0 Å². The van der Waals surface area contributed by atoms with E-state index in [1.807, 2.05) is 0 Å². The summed E-state index contributed by atoms with van der Waals surface area (Å²) < 4.78 is 24.0. The van der Waals surface area contributed by atoms with Crippen LogP contribution in [0, 0.1) is 5.92 Å². The Morgan fingerprint density at radius 2 is 1.90 bits per heavy atom. The minimum atomic E-state index is -2.93. The van der Waals surface area contributed by atoms with Crippen LogP contribution in [-0.2, 0) is 9.84 Å². The molecule has 1 saturated heterocycles. The molecule has 0 saturated carbocycles. The minimum Gasteiger partial charge on any atom is -0.311 e. The molecule has 1 aliphatic rings. The zero-order valence-electron chi connectivity index (χ0n) is 13.7. The molecular weight excluding hydrogens is 272 g/mol. The molecule has 5 heteroatoms. The number of sulfone groups is 1. The average Bonchev–Trinajstić information content (AvgIpc) is 2.43. The van der Waals surface area contributed by atoms with Gasteiger partial charge in [0.25, 0.3) is 0 Å². The molecule has 1 N–H and O–H groups in total. The zero-order chi connectivity index (χ0) is 15.3. The Labute approximate surface area is 125 Å². The SMILES string of the molecule is CCC(C)C1CN(CCS(=O)(=O)C(C)C)C(CC)CN1. The van der Waals surface area contributed by atoms with E-state index in [2.05, 4.69) is 31.0 Å². The number of nitrogens with one attached hydrogen (secondary N) is 1. The highest BCUT2D eigenvalue weighted by atomic mass is 32.2. The summed E-state index contributed by atoms with van der Waals surface area (Å²) in [6, 6.07) is 0.960. The molecule has 1 rings (SSSR count). The van der Waals surface area contributed by atoms with Gasteiger partial charge in [0.1, 0.15) is 0 Å². The lowest BCUT2D eigenvalue weighted by atomic mass is 9.95. The molecular formula is C15H32N2O2S. The summed E-state index contributed by atoms with van der Waals surface area (Å²) in [6.45, 7) is 12.8. The number of rotatable bonds is 7. The van der Waals surface area contributed by atoms with Crippen LogP contribution in [0.1, 0.15) is 47.5 Å². The molecule has 1 fully saturated rings. The number of hydrogen-bond acceptors (Lipinski definition) is 4. The number of nitrogens with zero attached hydrogens (tertiary/aromatic N) is 1. The van der Waals surface area contributed by atoms with Crippen LogP contribution in [0.15, 0.2) is 0 Å². The van der Waals surface area contributed by atoms with Crippen LogP contribution in [-0.4, -0.2) is 56.0 Å². The highest BCUT2D eigenvalue weighted by molar-refractivity contribution is 7.92. The molecule has 0 aromatic rings. The first-order valence-corrected chi connectivity index (χ1v) is 9.72. The van der Waals surface area contributed by atoms with Crippen molar-refractivity contribution < 1.29 is 8.42 Å². The maximum absolute atomic E-state index is 12.0. The van der Waals surface area contributed by atoms with E-state index in [-0.39, 0.29) is 11.0 Å². The molecule has 20 heavy (non-hydrogen) atoms. The van der Waals surface area contributed by atoms with Gasteiger partial charge < -0.3 is 5.32 Å². The molecule has 3 unspecified atom stereocenters. The van der Waals surface area contributed by atoms with E-state index in [9.17, 15) is 8.42 Å². The van der Waals surface area contributed by atoms with Crippen molar-refractivity contribution in [2.24, 2.45) is 5.92 Å². The van der Waals surface area contributed by atoms with Gasteiger partial charge in [-0.2, -0.15) is 0 Å². The topological polar surface area (TPSA) is 49.4 Å². The molecule has 0 aromatic carbocycles. The Morgan fingerprint density at radius 1 is 1.25 bits per heavy atom. The highest BCUT2D eigenvalue weighted by Gasteiger charge is 2.30. The first-order valence-electron chi connectivity index (χ1n) is 8.00.